The zero-order chi connectivity index (χ0) is 13.6. The predicted octanol–water partition coefficient (Wildman–Crippen LogP) is 0.00700. The fourth-order valence-electron chi connectivity index (χ4n) is 2.27. The van der Waals surface area contributed by atoms with E-state index >= 15 is 0 Å². The first-order valence-electron chi connectivity index (χ1n) is 5.84. The van der Waals surface area contributed by atoms with Crippen LogP contribution in [0, 0.1) is 18.3 Å². The quantitative estimate of drug-likeness (QED) is 0.776. The Morgan fingerprint density at radius 3 is 3.00 bits per heavy atom. The van der Waals surface area contributed by atoms with Crippen LogP contribution in [-0.2, 0) is 4.79 Å². The molecule has 1 aliphatic rings. The van der Waals surface area contributed by atoms with Crippen LogP contribution < -0.4 is 4.90 Å². The van der Waals surface area contributed by atoms with Crippen LogP contribution >= 0.6 is 0 Å². The molecule has 0 bridgehead atoms. The first kappa shape index (κ1) is 11.6. The Morgan fingerprint density at radius 1 is 1.58 bits per heavy atom. The van der Waals surface area contributed by atoms with E-state index in [1.807, 2.05) is 13.0 Å². The number of aliphatic hydroxyl groups is 1. The third kappa shape index (κ3) is 1.73. The summed E-state index contributed by atoms with van der Waals surface area (Å²) < 4.78 is 1.48. The van der Waals surface area contributed by atoms with Crippen molar-refractivity contribution >= 4 is 17.4 Å². The van der Waals surface area contributed by atoms with E-state index in [0.717, 1.165) is 5.69 Å². The van der Waals surface area contributed by atoms with Crippen molar-refractivity contribution in [1.82, 2.24) is 14.6 Å². The average Bonchev–Trinajstić information content (AvgIpc) is 2.89. The highest BCUT2D eigenvalue weighted by atomic mass is 16.3. The summed E-state index contributed by atoms with van der Waals surface area (Å²) in [6.07, 6.45) is 0.775. The highest BCUT2D eigenvalue weighted by Crippen LogP contribution is 2.25. The molecule has 7 nitrogen and oxygen atoms in total. The molecule has 0 aromatic carbocycles. The minimum Gasteiger partial charge on any atom is -0.391 e. The Kier molecular flexibility index (Phi) is 2.47. The number of fused-ring (bicyclic) bond motifs is 1. The Hall–Kier alpha value is -2.46. The number of carbonyl (C=O) groups excluding carboxylic acids is 1. The normalized spacial score (nSPS) is 19.1. The Bertz CT molecular complexity index is 715. The maximum Gasteiger partial charge on any atom is 0.230 e. The lowest BCUT2D eigenvalue weighted by molar-refractivity contribution is -0.117. The third-order valence-corrected chi connectivity index (χ3v) is 3.06. The molecule has 2 aromatic heterocycles. The first-order chi connectivity index (χ1) is 9.10. The van der Waals surface area contributed by atoms with E-state index in [1.54, 1.807) is 6.07 Å². The molecule has 0 saturated carbocycles. The van der Waals surface area contributed by atoms with Crippen molar-refractivity contribution in [3.63, 3.8) is 0 Å². The van der Waals surface area contributed by atoms with Crippen molar-refractivity contribution in [2.75, 3.05) is 11.4 Å². The van der Waals surface area contributed by atoms with Crippen LogP contribution in [0.15, 0.2) is 12.3 Å². The Morgan fingerprint density at radius 2 is 2.37 bits per heavy atom. The number of aromatic nitrogens is 3. The largest absolute Gasteiger partial charge is 0.391 e. The number of aliphatic hydroxyl groups excluding tert-OH is 1. The summed E-state index contributed by atoms with van der Waals surface area (Å²) in [6, 6.07) is 3.78. The number of nitrogens with zero attached hydrogens (tertiary/aromatic N) is 5. The molecule has 1 saturated heterocycles. The second-order valence-electron chi connectivity index (χ2n) is 4.53. The molecule has 7 heteroatoms. The minimum absolute atomic E-state index is 0.0644. The molecule has 1 aliphatic heterocycles. The molecule has 0 aliphatic carbocycles. The van der Waals surface area contributed by atoms with E-state index in [4.69, 9.17) is 5.26 Å². The molecule has 1 unspecified atom stereocenters. The second-order valence-corrected chi connectivity index (χ2v) is 4.53. The lowest BCUT2D eigenvalue weighted by Gasteiger charge is -2.17. The van der Waals surface area contributed by atoms with Gasteiger partial charge in [-0.25, -0.2) is 4.98 Å². The van der Waals surface area contributed by atoms with E-state index in [9.17, 15) is 9.90 Å². The molecule has 3 rings (SSSR count). The lowest BCUT2D eigenvalue weighted by Crippen LogP contribution is -2.28. The van der Waals surface area contributed by atoms with E-state index < -0.39 is 6.10 Å². The molecule has 96 valence electrons. The van der Waals surface area contributed by atoms with Gasteiger partial charge in [-0.15, -0.1) is 0 Å². The van der Waals surface area contributed by atoms with E-state index in [0.29, 0.717) is 11.5 Å². The van der Waals surface area contributed by atoms with Gasteiger partial charge in [0.2, 0.25) is 5.91 Å². The topological polar surface area (TPSA) is 94.5 Å². The van der Waals surface area contributed by atoms with E-state index in [-0.39, 0.29) is 24.4 Å². The van der Waals surface area contributed by atoms with Gasteiger partial charge < -0.3 is 5.11 Å². The van der Waals surface area contributed by atoms with Gasteiger partial charge in [-0.05, 0) is 6.92 Å². The zero-order valence-corrected chi connectivity index (χ0v) is 10.2. The van der Waals surface area contributed by atoms with Gasteiger partial charge in [-0.3, -0.25) is 9.69 Å². The monoisotopic (exact) mass is 257 g/mol. The summed E-state index contributed by atoms with van der Waals surface area (Å²) >= 11 is 0. The fraction of sp³-hybridized carbons (Fsp3) is 0.333. The molecule has 0 spiro atoms. The van der Waals surface area contributed by atoms with Gasteiger partial charge in [0.15, 0.2) is 11.5 Å². The second kappa shape index (κ2) is 4.03. The van der Waals surface area contributed by atoms with Crippen molar-refractivity contribution in [3.8, 4) is 6.07 Å². The number of amides is 1. The standard InChI is InChI=1S/C12H11N5O2/c1-7-2-10-14-5-8(4-13)12(17(10)15-7)16-6-9(18)3-11(16)19/h2,5,9,18H,3,6H2,1H3. The van der Waals surface area contributed by atoms with Crippen LogP contribution in [0.2, 0.25) is 0 Å². The molecule has 19 heavy (non-hydrogen) atoms. The van der Waals surface area contributed by atoms with Crippen LogP contribution in [0.25, 0.3) is 5.65 Å². The molecule has 1 N–H and O–H groups in total. The molecule has 0 radical (unpaired) electrons. The summed E-state index contributed by atoms with van der Waals surface area (Å²) in [6.45, 7) is 1.98. The maximum absolute atomic E-state index is 11.9. The van der Waals surface area contributed by atoms with Gasteiger partial charge in [0.25, 0.3) is 0 Å². The van der Waals surface area contributed by atoms with Crippen LogP contribution in [0.5, 0.6) is 0 Å². The van der Waals surface area contributed by atoms with Crippen molar-refractivity contribution in [1.29, 1.82) is 5.26 Å². The lowest BCUT2D eigenvalue weighted by atomic mass is 10.3. The Labute approximate surface area is 108 Å². The molecular weight excluding hydrogens is 246 g/mol. The number of aryl methyl sites for hydroxylation is 1. The maximum atomic E-state index is 11.9. The van der Waals surface area contributed by atoms with Crippen molar-refractivity contribution < 1.29 is 9.90 Å². The number of β-amino-alcohol motifs (C(OH)–C–C–N with tert-alkyl or cyclic N) is 1. The van der Waals surface area contributed by atoms with Gasteiger partial charge in [0.05, 0.1) is 31.0 Å². The predicted molar refractivity (Wildman–Crippen MR) is 65.4 cm³/mol. The van der Waals surface area contributed by atoms with E-state index in [2.05, 4.69) is 10.1 Å². The summed E-state index contributed by atoms with van der Waals surface area (Å²) in [5.74, 6) is 0.159. The average molecular weight is 257 g/mol. The van der Waals surface area contributed by atoms with E-state index in [1.165, 1.54) is 15.6 Å². The van der Waals surface area contributed by atoms with Gasteiger partial charge in [0, 0.05) is 6.07 Å². The summed E-state index contributed by atoms with van der Waals surface area (Å²) in [4.78, 5) is 17.4. The van der Waals surface area contributed by atoms with Gasteiger partial charge in [-0.1, -0.05) is 0 Å². The number of rotatable bonds is 1. The highest BCUT2D eigenvalue weighted by molar-refractivity contribution is 5.96. The number of hydrogen-bond acceptors (Lipinski definition) is 5. The van der Waals surface area contributed by atoms with Crippen molar-refractivity contribution in [2.24, 2.45) is 0 Å². The molecule has 1 atom stereocenters. The number of anilines is 1. The fourth-order valence-corrected chi connectivity index (χ4v) is 2.27. The smallest absolute Gasteiger partial charge is 0.230 e. The van der Waals surface area contributed by atoms with Crippen LogP contribution in [0.1, 0.15) is 17.7 Å². The SMILES string of the molecule is Cc1cc2ncc(C#N)c(N3CC(O)CC3=O)n2n1. The summed E-state index contributed by atoms with van der Waals surface area (Å²) in [7, 11) is 0. The van der Waals surface area contributed by atoms with Gasteiger partial charge in [-0.2, -0.15) is 14.9 Å². The summed E-state index contributed by atoms with van der Waals surface area (Å²) in [5.41, 5.74) is 1.58. The minimum atomic E-state index is -0.709. The first-order valence-corrected chi connectivity index (χ1v) is 5.84. The van der Waals surface area contributed by atoms with Crippen LogP contribution in [0.3, 0.4) is 0 Å². The Balaban J connectivity index is 2.26. The zero-order valence-electron chi connectivity index (χ0n) is 10.2. The summed E-state index contributed by atoms with van der Waals surface area (Å²) in [5, 5.41) is 23.0. The molecule has 1 fully saturated rings. The molecular formula is C12H11N5O2. The number of nitriles is 1. The van der Waals surface area contributed by atoms with Crippen molar-refractivity contribution in [3.05, 3.63) is 23.5 Å². The van der Waals surface area contributed by atoms with Crippen molar-refractivity contribution in [2.45, 2.75) is 19.4 Å². The molecule has 1 amide bonds. The van der Waals surface area contributed by atoms with Crippen LogP contribution in [-0.4, -0.2) is 38.3 Å². The third-order valence-electron chi connectivity index (χ3n) is 3.06. The number of hydrogen-bond donors (Lipinski definition) is 1. The molecule has 3 heterocycles. The van der Waals surface area contributed by atoms with Gasteiger partial charge >= 0.3 is 0 Å². The number of carbonyl (C=O) groups is 1. The highest BCUT2D eigenvalue weighted by Gasteiger charge is 2.32. The van der Waals surface area contributed by atoms with Gasteiger partial charge in [0.1, 0.15) is 11.6 Å². The molecule has 2 aromatic rings. The van der Waals surface area contributed by atoms with Crippen LogP contribution in [0.4, 0.5) is 5.82 Å².